The first-order valence-electron chi connectivity index (χ1n) is 6.12. The number of halogens is 1. The molecule has 0 atom stereocenters. The van der Waals surface area contributed by atoms with Gasteiger partial charge >= 0.3 is 5.97 Å². The van der Waals surface area contributed by atoms with Gasteiger partial charge in [-0.3, -0.25) is 4.79 Å². The van der Waals surface area contributed by atoms with Crippen molar-refractivity contribution >= 4 is 29.2 Å². The summed E-state index contributed by atoms with van der Waals surface area (Å²) >= 11 is 5.49. The third-order valence-corrected chi connectivity index (χ3v) is 2.74. The zero-order valence-corrected chi connectivity index (χ0v) is 11.9. The van der Waals surface area contributed by atoms with Crippen molar-refractivity contribution in [2.45, 2.75) is 6.42 Å². The van der Waals surface area contributed by atoms with Crippen molar-refractivity contribution < 1.29 is 14.7 Å². The Kier molecular flexibility index (Phi) is 6.78. The molecule has 0 aliphatic heterocycles. The van der Waals surface area contributed by atoms with Crippen LogP contribution < -0.4 is 10.6 Å². The maximum atomic E-state index is 11.7. The molecule has 0 aliphatic rings. The van der Waals surface area contributed by atoms with Gasteiger partial charge in [0.25, 0.3) is 5.91 Å². The van der Waals surface area contributed by atoms with Crippen LogP contribution in [0.25, 0.3) is 0 Å². The van der Waals surface area contributed by atoms with Gasteiger partial charge in [0.05, 0.1) is 5.56 Å². The summed E-state index contributed by atoms with van der Waals surface area (Å²) in [6.45, 7) is 0.397. The van der Waals surface area contributed by atoms with Crippen molar-refractivity contribution in [3.05, 3.63) is 41.6 Å². The van der Waals surface area contributed by atoms with Gasteiger partial charge in [-0.1, -0.05) is 0 Å². The van der Waals surface area contributed by atoms with Gasteiger partial charge in [-0.2, -0.15) is 5.26 Å². The number of nitrogens with one attached hydrogen (secondary N) is 2. The molecule has 1 amide bonds. The van der Waals surface area contributed by atoms with Crippen LogP contribution in [0.15, 0.2) is 36.0 Å². The molecular formula is C14H14ClN3O3. The number of anilines is 1. The average molecular weight is 308 g/mol. The van der Waals surface area contributed by atoms with E-state index in [-0.39, 0.29) is 11.1 Å². The molecule has 1 rings (SSSR count). The van der Waals surface area contributed by atoms with E-state index in [1.165, 1.54) is 18.3 Å². The highest BCUT2D eigenvalue weighted by atomic mass is 35.5. The lowest BCUT2D eigenvalue weighted by Crippen LogP contribution is -2.26. The number of carbonyl (C=O) groups excluding carboxylic acids is 1. The van der Waals surface area contributed by atoms with E-state index >= 15 is 0 Å². The molecule has 0 heterocycles. The molecule has 1 aromatic rings. The molecule has 21 heavy (non-hydrogen) atoms. The lowest BCUT2D eigenvalue weighted by atomic mass is 10.2. The number of aromatic carboxylic acids is 1. The lowest BCUT2D eigenvalue weighted by Gasteiger charge is -2.04. The first-order valence-corrected chi connectivity index (χ1v) is 6.66. The lowest BCUT2D eigenvalue weighted by molar-refractivity contribution is -0.117. The second-order valence-corrected chi connectivity index (χ2v) is 4.37. The summed E-state index contributed by atoms with van der Waals surface area (Å²) in [4.78, 5) is 22.4. The number of nitriles is 1. The van der Waals surface area contributed by atoms with Crippen molar-refractivity contribution in [2.24, 2.45) is 0 Å². The molecule has 0 aliphatic carbocycles. The van der Waals surface area contributed by atoms with Crippen LogP contribution >= 0.6 is 11.6 Å². The van der Waals surface area contributed by atoms with Gasteiger partial charge in [-0.15, -0.1) is 11.6 Å². The standard InChI is InChI=1S/C14H14ClN3O3/c15-6-1-7-17-13(19)11(8-16)9-18-12-4-2-10(3-5-12)14(20)21/h2-5,9,18H,1,6-7H2,(H,17,19)(H,20,21)/b11-9-. The molecule has 7 heteroatoms. The van der Waals surface area contributed by atoms with Crippen molar-refractivity contribution in [3.63, 3.8) is 0 Å². The third kappa shape index (κ3) is 5.55. The minimum Gasteiger partial charge on any atom is -0.478 e. The van der Waals surface area contributed by atoms with E-state index in [0.29, 0.717) is 24.5 Å². The number of carbonyl (C=O) groups is 2. The molecule has 0 fully saturated rings. The van der Waals surface area contributed by atoms with Crippen molar-refractivity contribution in [3.8, 4) is 6.07 Å². The third-order valence-electron chi connectivity index (χ3n) is 2.48. The molecule has 0 bridgehead atoms. The summed E-state index contributed by atoms with van der Waals surface area (Å²) in [6.07, 6.45) is 1.89. The number of carboxylic acid groups (broad SMARTS) is 1. The van der Waals surface area contributed by atoms with Crippen LogP contribution in [0.4, 0.5) is 5.69 Å². The van der Waals surface area contributed by atoms with Crippen LogP contribution in [-0.4, -0.2) is 29.4 Å². The second kappa shape index (κ2) is 8.61. The van der Waals surface area contributed by atoms with Crippen LogP contribution in [0, 0.1) is 11.3 Å². The smallest absolute Gasteiger partial charge is 0.335 e. The fourth-order valence-electron chi connectivity index (χ4n) is 1.38. The molecule has 1 aromatic carbocycles. The van der Waals surface area contributed by atoms with Gasteiger partial charge < -0.3 is 15.7 Å². The minimum absolute atomic E-state index is 0.0770. The van der Waals surface area contributed by atoms with Gasteiger partial charge in [0.15, 0.2) is 0 Å². The summed E-state index contributed by atoms with van der Waals surface area (Å²) in [5, 5.41) is 23.0. The van der Waals surface area contributed by atoms with Crippen LogP contribution in [0.1, 0.15) is 16.8 Å². The van der Waals surface area contributed by atoms with E-state index in [2.05, 4.69) is 10.6 Å². The number of amides is 1. The van der Waals surface area contributed by atoms with Crippen LogP contribution in [0.3, 0.4) is 0 Å². The monoisotopic (exact) mass is 307 g/mol. The molecule has 0 saturated heterocycles. The Morgan fingerprint density at radius 3 is 2.52 bits per heavy atom. The van der Waals surface area contributed by atoms with E-state index < -0.39 is 11.9 Å². The quantitative estimate of drug-likeness (QED) is 0.309. The van der Waals surface area contributed by atoms with Crippen molar-refractivity contribution in [1.29, 1.82) is 5.26 Å². The predicted molar refractivity (Wildman–Crippen MR) is 79.1 cm³/mol. The highest BCUT2D eigenvalue weighted by molar-refractivity contribution is 6.17. The van der Waals surface area contributed by atoms with Crippen molar-refractivity contribution in [2.75, 3.05) is 17.7 Å². The number of carboxylic acids is 1. The highest BCUT2D eigenvalue weighted by Crippen LogP contribution is 2.10. The van der Waals surface area contributed by atoms with Gasteiger partial charge in [-0.05, 0) is 30.7 Å². The Morgan fingerprint density at radius 1 is 1.33 bits per heavy atom. The number of alkyl halides is 1. The number of nitrogens with zero attached hydrogens (tertiary/aromatic N) is 1. The van der Waals surface area contributed by atoms with Gasteiger partial charge in [-0.25, -0.2) is 4.79 Å². The molecule has 0 saturated carbocycles. The molecule has 0 radical (unpaired) electrons. The molecule has 3 N–H and O–H groups in total. The predicted octanol–water partition coefficient (Wildman–Crippen LogP) is 1.95. The zero-order valence-electron chi connectivity index (χ0n) is 11.1. The largest absolute Gasteiger partial charge is 0.478 e. The molecule has 0 unspecified atom stereocenters. The number of hydrogen-bond acceptors (Lipinski definition) is 4. The van der Waals surface area contributed by atoms with Crippen LogP contribution in [0.5, 0.6) is 0 Å². The first-order chi connectivity index (χ1) is 10.1. The van der Waals surface area contributed by atoms with Gasteiger partial charge in [0.1, 0.15) is 11.6 Å². The summed E-state index contributed by atoms with van der Waals surface area (Å²) < 4.78 is 0. The van der Waals surface area contributed by atoms with E-state index in [1.54, 1.807) is 18.2 Å². The molecule has 0 spiro atoms. The Bertz CT molecular complexity index is 576. The van der Waals surface area contributed by atoms with E-state index in [9.17, 15) is 9.59 Å². The average Bonchev–Trinajstić information content (AvgIpc) is 2.48. The first kappa shape index (κ1) is 16.5. The maximum Gasteiger partial charge on any atom is 0.335 e. The fourth-order valence-corrected chi connectivity index (χ4v) is 1.51. The zero-order chi connectivity index (χ0) is 15.7. The minimum atomic E-state index is -1.02. The van der Waals surface area contributed by atoms with Gasteiger partial charge in [0.2, 0.25) is 0 Å². The molecular weight excluding hydrogens is 294 g/mol. The Balaban J connectivity index is 2.65. The van der Waals surface area contributed by atoms with E-state index in [1.807, 2.05) is 0 Å². The summed E-state index contributed by atoms with van der Waals surface area (Å²) in [7, 11) is 0. The summed E-state index contributed by atoms with van der Waals surface area (Å²) in [5.41, 5.74) is 0.650. The number of rotatable bonds is 7. The highest BCUT2D eigenvalue weighted by Gasteiger charge is 2.07. The van der Waals surface area contributed by atoms with E-state index in [0.717, 1.165) is 0 Å². The maximum absolute atomic E-state index is 11.7. The Hall–Kier alpha value is -2.52. The van der Waals surface area contributed by atoms with Crippen LogP contribution in [0.2, 0.25) is 0 Å². The van der Waals surface area contributed by atoms with E-state index in [4.69, 9.17) is 22.0 Å². The van der Waals surface area contributed by atoms with Crippen LogP contribution in [-0.2, 0) is 4.79 Å². The second-order valence-electron chi connectivity index (χ2n) is 4.00. The molecule has 6 nitrogen and oxygen atoms in total. The molecule has 0 aromatic heterocycles. The number of hydrogen-bond donors (Lipinski definition) is 3. The summed E-state index contributed by atoms with van der Waals surface area (Å²) in [6, 6.07) is 7.72. The normalized spacial score (nSPS) is 10.6. The summed E-state index contributed by atoms with van der Waals surface area (Å²) in [5.74, 6) is -1.08. The molecule has 110 valence electrons. The topological polar surface area (TPSA) is 102 Å². The Morgan fingerprint density at radius 2 is 2.00 bits per heavy atom. The number of benzene rings is 1. The van der Waals surface area contributed by atoms with Crippen molar-refractivity contribution in [1.82, 2.24) is 5.32 Å². The SMILES string of the molecule is N#C/C(=C/Nc1ccc(C(=O)O)cc1)C(=O)NCCCCl. The fraction of sp³-hybridized carbons (Fsp3) is 0.214. The van der Waals surface area contributed by atoms with Gasteiger partial charge in [0, 0.05) is 24.3 Å². The Labute approximate surface area is 127 Å².